The Hall–Kier alpha value is -3.12. The summed E-state index contributed by atoms with van der Waals surface area (Å²) >= 11 is 0. The molecular formula is C29H28F4O2. The molecule has 0 saturated carbocycles. The number of phenolic OH excluding ortho intramolecular Hbond substituents is 1. The van der Waals surface area contributed by atoms with E-state index in [9.17, 15) is 22.7 Å². The van der Waals surface area contributed by atoms with Crippen LogP contribution in [0.5, 0.6) is 5.75 Å². The van der Waals surface area contributed by atoms with Crippen molar-refractivity contribution in [1.29, 1.82) is 0 Å². The van der Waals surface area contributed by atoms with E-state index in [4.69, 9.17) is 4.74 Å². The number of halogens is 4. The average molecular weight is 485 g/mol. The number of allylic oxidation sites excluding steroid dienone is 2. The van der Waals surface area contributed by atoms with Crippen LogP contribution in [-0.4, -0.2) is 11.7 Å². The summed E-state index contributed by atoms with van der Waals surface area (Å²) in [5.74, 6) is -3.16. The third-order valence-electron chi connectivity index (χ3n) is 6.65. The monoisotopic (exact) mass is 484 g/mol. The number of hydrogen-bond donors (Lipinski definition) is 1. The molecule has 184 valence electrons. The summed E-state index contributed by atoms with van der Waals surface area (Å²) in [6.07, 6.45) is 5.03. The minimum atomic E-state index is -0.899. The smallest absolute Gasteiger partial charge is 0.166 e. The average Bonchev–Trinajstić information content (AvgIpc) is 2.87. The molecule has 0 saturated heterocycles. The lowest BCUT2D eigenvalue weighted by Crippen LogP contribution is -2.09. The summed E-state index contributed by atoms with van der Waals surface area (Å²) in [4.78, 5) is 0. The van der Waals surface area contributed by atoms with Gasteiger partial charge in [-0.3, -0.25) is 0 Å². The van der Waals surface area contributed by atoms with E-state index in [1.165, 1.54) is 12.1 Å². The third-order valence-corrected chi connectivity index (χ3v) is 6.65. The van der Waals surface area contributed by atoms with Crippen LogP contribution in [0.25, 0.3) is 16.7 Å². The number of rotatable bonds is 8. The first-order chi connectivity index (χ1) is 16.9. The van der Waals surface area contributed by atoms with E-state index in [0.717, 1.165) is 12.0 Å². The Morgan fingerprint density at radius 1 is 0.829 bits per heavy atom. The maximum Gasteiger partial charge on any atom is 0.166 e. The van der Waals surface area contributed by atoms with Crippen molar-refractivity contribution in [2.75, 3.05) is 6.61 Å². The molecule has 6 heteroatoms. The Kier molecular flexibility index (Phi) is 7.91. The number of aryl methyl sites for hydroxylation is 1. The van der Waals surface area contributed by atoms with Crippen molar-refractivity contribution >= 4 is 5.57 Å². The van der Waals surface area contributed by atoms with Crippen molar-refractivity contribution in [2.45, 2.75) is 45.6 Å². The van der Waals surface area contributed by atoms with Crippen LogP contribution in [0, 0.1) is 29.2 Å². The highest BCUT2D eigenvalue weighted by atomic mass is 19.2. The highest BCUT2D eigenvalue weighted by molar-refractivity contribution is 5.67. The normalized spacial score (nSPS) is 15.8. The highest BCUT2D eigenvalue weighted by Gasteiger charge is 2.22. The van der Waals surface area contributed by atoms with Gasteiger partial charge in [0.25, 0.3) is 0 Å². The number of hydrogen-bond acceptors (Lipinski definition) is 2. The lowest BCUT2D eigenvalue weighted by molar-refractivity contribution is 0.131. The molecule has 3 aromatic rings. The van der Waals surface area contributed by atoms with Crippen LogP contribution < -0.4 is 0 Å². The summed E-state index contributed by atoms with van der Waals surface area (Å²) in [7, 11) is 0. The number of ether oxygens (including phenoxy) is 1. The second-order valence-corrected chi connectivity index (χ2v) is 8.89. The summed E-state index contributed by atoms with van der Waals surface area (Å²) in [6.45, 7) is 2.26. The van der Waals surface area contributed by atoms with Crippen LogP contribution in [0.2, 0.25) is 0 Å². The van der Waals surface area contributed by atoms with Gasteiger partial charge >= 0.3 is 0 Å². The molecule has 0 heterocycles. The molecule has 0 radical (unpaired) electrons. The van der Waals surface area contributed by atoms with Gasteiger partial charge in [0.2, 0.25) is 0 Å². The second-order valence-electron chi connectivity index (χ2n) is 8.89. The van der Waals surface area contributed by atoms with E-state index < -0.39 is 23.3 Å². The van der Waals surface area contributed by atoms with Crippen molar-refractivity contribution in [3.8, 4) is 16.9 Å². The molecule has 0 amide bonds. The fourth-order valence-corrected chi connectivity index (χ4v) is 4.56. The van der Waals surface area contributed by atoms with Crippen molar-refractivity contribution < 1.29 is 27.4 Å². The van der Waals surface area contributed by atoms with Gasteiger partial charge < -0.3 is 9.84 Å². The first-order valence-electron chi connectivity index (χ1n) is 11.9. The van der Waals surface area contributed by atoms with Crippen molar-refractivity contribution in [3.05, 3.63) is 94.6 Å². The third kappa shape index (κ3) is 5.59. The van der Waals surface area contributed by atoms with Gasteiger partial charge in [-0.15, -0.1) is 0 Å². The summed E-state index contributed by atoms with van der Waals surface area (Å²) in [5, 5.41) is 9.40. The van der Waals surface area contributed by atoms with E-state index in [1.807, 2.05) is 6.08 Å². The number of aromatic hydroxyl groups is 1. The molecule has 0 spiro atoms. The van der Waals surface area contributed by atoms with Gasteiger partial charge in [-0.1, -0.05) is 42.5 Å². The molecule has 1 aliphatic carbocycles. The molecular weight excluding hydrogens is 456 g/mol. The molecule has 3 aromatic carbocycles. The Balaban J connectivity index is 1.40. The van der Waals surface area contributed by atoms with Crippen LogP contribution in [0.4, 0.5) is 17.6 Å². The zero-order valence-electron chi connectivity index (χ0n) is 19.6. The molecule has 0 bridgehead atoms. The van der Waals surface area contributed by atoms with Gasteiger partial charge in [0, 0.05) is 23.3 Å². The quantitative estimate of drug-likeness (QED) is 0.329. The van der Waals surface area contributed by atoms with E-state index in [2.05, 4.69) is 0 Å². The van der Waals surface area contributed by atoms with Crippen LogP contribution in [0.1, 0.15) is 49.3 Å². The Labute approximate surface area is 202 Å². The minimum absolute atomic E-state index is 0.0354. The van der Waals surface area contributed by atoms with E-state index >= 15 is 0 Å². The van der Waals surface area contributed by atoms with E-state index in [1.54, 1.807) is 43.3 Å². The van der Waals surface area contributed by atoms with Gasteiger partial charge in [-0.2, -0.15) is 0 Å². The highest BCUT2D eigenvalue weighted by Crippen LogP contribution is 2.35. The minimum Gasteiger partial charge on any atom is -0.508 e. The maximum atomic E-state index is 14.7. The lowest BCUT2D eigenvalue weighted by atomic mass is 9.83. The maximum absolute atomic E-state index is 14.7. The molecule has 0 aromatic heterocycles. The zero-order valence-corrected chi connectivity index (χ0v) is 19.6. The largest absolute Gasteiger partial charge is 0.508 e. The van der Waals surface area contributed by atoms with Crippen molar-refractivity contribution in [2.24, 2.45) is 5.92 Å². The Bertz CT molecular complexity index is 1220. The predicted molar refractivity (Wildman–Crippen MR) is 129 cm³/mol. The molecule has 1 unspecified atom stereocenters. The number of benzene rings is 3. The zero-order chi connectivity index (χ0) is 24.9. The molecule has 1 N–H and O–H groups in total. The first kappa shape index (κ1) is 25.0. The molecule has 0 aliphatic heterocycles. The topological polar surface area (TPSA) is 29.5 Å². The lowest BCUT2D eigenvalue weighted by Gasteiger charge is -2.23. The molecule has 0 fully saturated rings. The van der Waals surface area contributed by atoms with Crippen LogP contribution in [0.15, 0.2) is 54.6 Å². The Morgan fingerprint density at radius 3 is 2.17 bits per heavy atom. The van der Waals surface area contributed by atoms with Gasteiger partial charge in [-0.05, 0) is 73.8 Å². The van der Waals surface area contributed by atoms with Crippen LogP contribution in [0.3, 0.4) is 0 Å². The molecule has 2 nitrogen and oxygen atoms in total. The van der Waals surface area contributed by atoms with Gasteiger partial charge in [0.05, 0.1) is 6.61 Å². The fraction of sp³-hybridized carbons (Fsp3) is 0.310. The summed E-state index contributed by atoms with van der Waals surface area (Å²) in [5.41, 5.74) is 2.21. The SMILES string of the molecule is CCOCc1ccc(C2=CCC(CCc3ccc(-c4ccc(O)cc4)c(F)c3F)CC2)c(F)c1F. The summed E-state index contributed by atoms with van der Waals surface area (Å²) < 4.78 is 63.6. The summed E-state index contributed by atoms with van der Waals surface area (Å²) in [6, 6.07) is 12.3. The van der Waals surface area contributed by atoms with Gasteiger partial charge in [0.15, 0.2) is 23.3 Å². The van der Waals surface area contributed by atoms with Crippen LogP contribution >= 0.6 is 0 Å². The van der Waals surface area contributed by atoms with Gasteiger partial charge in [0.1, 0.15) is 5.75 Å². The Morgan fingerprint density at radius 2 is 1.49 bits per heavy atom. The molecule has 1 aliphatic rings. The predicted octanol–water partition coefficient (Wildman–Crippen LogP) is 7.97. The standard InChI is InChI=1S/C29H28F4O2/c1-2-35-17-22-12-16-25(29(33)27(22)31)19-6-3-18(4-7-19)5-8-21-11-15-24(28(32)26(21)30)20-9-13-23(34)14-10-20/h6,9-16,18,34H,2-5,7-8,17H2,1H3. The van der Waals surface area contributed by atoms with E-state index in [0.29, 0.717) is 43.4 Å². The number of phenols is 1. The molecule has 35 heavy (non-hydrogen) atoms. The molecule has 4 rings (SSSR count). The van der Waals surface area contributed by atoms with Crippen LogP contribution in [-0.2, 0) is 17.8 Å². The van der Waals surface area contributed by atoms with E-state index in [-0.39, 0.29) is 35.0 Å². The first-order valence-corrected chi connectivity index (χ1v) is 11.9. The van der Waals surface area contributed by atoms with Crippen molar-refractivity contribution in [3.63, 3.8) is 0 Å². The fourth-order valence-electron chi connectivity index (χ4n) is 4.56. The van der Waals surface area contributed by atoms with Crippen molar-refractivity contribution in [1.82, 2.24) is 0 Å². The second kappa shape index (κ2) is 11.1. The van der Waals surface area contributed by atoms with Gasteiger partial charge in [-0.25, -0.2) is 17.6 Å². The molecule has 1 atom stereocenters.